The zero-order valence-electron chi connectivity index (χ0n) is 15.0. The van der Waals surface area contributed by atoms with Gasteiger partial charge in [-0.15, -0.1) is 0 Å². The quantitative estimate of drug-likeness (QED) is 0.784. The van der Waals surface area contributed by atoms with Crippen LogP contribution in [0.15, 0.2) is 55.2 Å². The molecule has 0 amide bonds. The van der Waals surface area contributed by atoms with Crippen LogP contribution >= 0.6 is 0 Å². The van der Waals surface area contributed by atoms with Crippen LogP contribution in [0.2, 0.25) is 0 Å². The molecule has 4 rings (SSSR count). The summed E-state index contributed by atoms with van der Waals surface area (Å²) in [4.78, 5) is 11.5. The van der Waals surface area contributed by atoms with Crippen molar-refractivity contribution in [3.63, 3.8) is 0 Å². The summed E-state index contributed by atoms with van der Waals surface area (Å²) in [7, 11) is 2.15. The van der Waals surface area contributed by atoms with E-state index in [9.17, 15) is 0 Å². The number of rotatable bonds is 4. The first-order chi connectivity index (χ1) is 12.7. The maximum Gasteiger partial charge on any atom is 0.238 e. The number of benzene rings is 2. The third kappa shape index (κ3) is 3.59. The summed E-state index contributed by atoms with van der Waals surface area (Å²) < 4.78 is 0. The number of anilines is 1. The SMILES string of the molecule is C=Cc1ccc(-c2ccc3nc(NN4CCN(C)CC4)ncc3c2)cc1. The zero-order chi connectivity index (χ0) is 17.9. The molecule has 2 heterocycles. The minimum Gasteiger partial charge on any atom is -0.304 e. The summed E-state index contributed by atoms with van der Waals surface area (Å²) in [6.45, 7) is 7.84. The number of nitrogens with one attached hydrogen (secondary N) is 1. The van der Waals surface area contributed by atoms with E-state index in [1.807, 2.05) is 12.3 Å². The lowest BCUT2D eigenvalue weighted by Gasteiger charge is -2.32. The molecule has 26 heavy (non-hydrogen) atoms. The molecule has 0 atom stereocenters. The number of aromatic nitrogens is 2. The first-order valence-electron chi connectivity index (χ1n) is 8.91. The molecule has 1 fully saturated rings. The van der Waals surface area contributed by atoms with Gasteiger partial charge in [0.25, 0.3) is 0 Å². The Balaban J connectivity index is 1.54. The molecule has 1 saturated heterocycles. The standard InChI is InChI=1S/C21H23N5/c1-3-16-4-6-17(7-5-16)18-8-9-20-19(14-18)15-22-21(23-20)24-26-12-10-25(2)11-13-26/h3-9,14-15H,1,10-13H2,2H3,(H,22,23,24). The Labute approximate surface area is 154 Å². The summed E-state index contributed by atoms with van der Waals surface area (Å²) in [6, 6.07) is 14.7. The van der Waals surface area contributed by atoms with E-state index in [4.69, 9.17) is 0 Å². The predicted octanol–water partition coefficient (Wildman–Crippen LogP) is 3.51. The average molecular weight is 345 g/mol. The van der Waals surface area contributed by atoms with Crippen molar-refractivity contribution in [1.82, 2.24) is 19.9 Å². The van der Waals surface area contributed by atoms with Crippen LogP contribution in [0.3, 0.4) is 0 Å². The molecule has 0 radical (unpaired) electrons. The van der Waals surface area contributed by atoms with Crippen LogP contribution < -0.4 is 5.43 Å². The van der Waals surface area contributed by atoms with E-state index < -0.39 is 0 Å². The normalized spacial score (nSPS) is 15.9. The molecule has 3 aromatic rings. The number of likely N-dealkylation sites (N-methyl/N-ethyl adjacent to an activating group) is 1. The Morgan fingerprint density at radius 2 is 1.73 bits per heavy atom. The molecule has 0 saturated carbocycles. The van der Waals surface area contributed by atoms with Crippen molar-refractivity contribution in [3.8, 4) is 11.1 Å². The van der Waals surface area contributed by atoms with Crippen molar-refractivity contribution < 1.29 is 0 Å². The highest BCUT2D eigenvalue weighted by atomic mass is 15.5. The minimum atomic E-state index is 0.658. The summed E-state index contributed by atoms with van der Waals surface area (Å²) in [5, 5.41) is 3.22. The monoisotopic (exact) mass is 345 g/mol. The van der Waals surface area contributed by atoms with E-state index >= 15 is 0 Å². The van der Waals surface area contributed by atoms with Gasteiger partial charge in [-0.2, -0.15) is 0 Å². The largest absolute Gasteiger partial charge is 0.304 e. The lowest BCUT2D eigenvalue weighted by Crippen LogP contribution is -2.47. The number of hydrogen-bond acceptors (Lipinski definition) is 5. The second-order valence-electron chi connectivity index (χ2n) is 6.70. The third-order valence-corrected chi connectivity index (χ3v) is 4.82. The van der Waals surface area contributed by atoms with Gasteiger partial charge >= 0.3 is 0 Å². The highest BCUT2D eigenvalue weighted by Crippen LogP contribution is 2.24. The van der Waals surface area contributed by atoms with Gasteiger partial charge in [-0.05, 0) is 35.9 Å². The first kappa shape index (κ1) is 16.7. The Hall–Kier alpha value is -2.76. The van der Waals surface area contributed by atoms with Gasteiger partial charge in [0.1, 0.15) is 0 Å². The third-order valence-electron chi connectivity index (χ3n) is 4.82. The van der Waals surface area contributed by atoms with Crippen molar-refractivity contribution in [2.75, 3.05) is 38.7 Å². The first-order valence-corrected chi connectivity index (χ1v) is 8.91. The van der Waals surface area contributed by atoms with Crippen LogP contribution in [0.4, 0.5) is 5.95 Å². The van der Waals surface area contributed by atoms with E-state index in [0.717, 1.165) is 48.2 Å². The molecule has 0 bridgehead atoms. The Morgan fingerprint density at radius 1 is 1.00 bits per heavy atom. The van der Waals surface area contributed by atoms with Crippen LogP contribution in [-0.4, -0.2) is 53.1 Å². The highest BCUT2D eigenvalue weighted by molar-refractivity contribution is 5.84. The van der Waals surface area contributed by atoms with Crippen LogP contribution in [0, 0.1) is 0 Å². The van der Waals surface area contributed by atoms with Gasteiger partial charge in [-0.25, -0.2) is 15.0 Å². The molecule has 1 aliphatic rings. The molecule has 5 nitrogen and oxygen atoms in total. The van der Waals surface area contributed by atoms with Crippen molar-refractivity contribution >= 4 is 22.9 Å². The fraction of sp³-hybridized carbons (Fsp3) is 0.238. The van der Waals surface area contributed by atoms with E-state index in [2.05, 4.69) is 81.4 Å². The maximum atomic E-state index is 4.66. The number of hydrazine groups is 1. The van der Waals surface area contributed by atoms with Gasteiger partial charge in [0.05, 0.1) is 5.52 Å². The molecule has 1 aliphatic heterocycles. The smallest absolute Gasteiger partial charge is 0.238 e. The van der Waals surface area contributed by atoms with Gasteiger partial charge in [0.15, 0.2) is 0 Å². The minimum absolute atomic E-state index is 0.658. The number of nitrogens with zero attached hydrogens (tertiary/aromatic N) is 4. The maximum absolute atomic E-state index is 4.66. The Kier molecular flexibility index (Phi) is 4.65. The molecule has 1 N–H and O–H groups in total. The van der Waals surface area contributed by atoms with E-state index in [0.29, 0.717) is 5.95 Å². The van der Waals surface area contributed by atoms with Gasteiger partial charge < -0.3 is 4.90 Å². The zero-order valence-corrected chi connectivity index (χ0v) is 15.0. The van der Waals surface area contributed by atoms with E-state index in [1.54, 1.807) is 0 Å². The predicted molar refractivity (Wildman–Crippen MR) is 108 cm³/mol. The summed E-state index contributed by atoms with van der Waals surface area (Å²) in [6.07, 6.45) is 3.75. The van der Waals surface area contributed by atoms with Crippen molar-refractivity contribution in [2.45, 2.75) is 0 Å². The highest BCUT2D eigenvalue weighted by Gasteiger charge is 2.14. The van der Waals surface area contributed by atoms with Crippen LogP contribution in [0.5, 0.6) is 0 Å². The second kappa shape index (κ2) is 7.23. The summed E-state index contributed by atoms with van der Waals surface area (Å²) >= 11 is 0. The number of piperazine rings is 1. The number of hydrogen-bond donors (Lipinski definition) is 1. The molecule has 0 aliphatic carbocycles. The number of fused-ring (bicyclic) bond motifs is 1. The lowest BCUT2D eigenvalue weighted by atomic mass is 10.0. The van der Waals surface area contributed by atoms with Crippen LogP contribution in [-0.2, 0) is 0 Å². The van der Waals surface area contributed by atoms with E-state index in [1.165, 1.54) is 5.56 Å². The van der Waals surface area contributed by atoms with Gasteiger partial charge in [0.2, 0.25) is 5.95 Å². The fourth-order valence-electron chi connectivity index (χ4n) is 3.14. The summed E-state index contributed by atoms with van der Waals surface area (Å²) in [5.74, 6) is 0.658. The molecule has 2 aromatic carbocycles. The van der Waals surface area contributed by atoms with Crippen molar-refractivity contribution in [2.24, 2.45) is 0 Å². The Morgan fingerprint density at radius 3 is 2.46 bits per heavy atom. The molecular formula is C21H23N5. The second-order valence-corrected chi connectivity index (χ2v) is 6.70. The van der Waals surface area contributed by atoms with E-state index in [-0.39, 0.29) is 0 Å². The van der Waals surface area contributed by atoms with Crippen LogP contribution in [0.1, 0.15) is 5.56 Å². The Bertz CT molecular complexity index is 911. The molecule has 0 spiro atoms. The average Bonchev–Trinajstić information content (AvgIpc) is 2.69. The molecule has 0 unspecified atom stereocenters. The summed E-state index contributed by atoms with van der Waals surface area (Å²) in [5.41, 5.74) is 7.74. The van der Waals surface area contributed by atoms with Crippen molar-refractivity contribution in [1.29, 1.82) is 0 Å². The molecule has 5 heteroatoms. The van der Waals surface area contributed by atoms with Crippen LogP contribution in [0.25, 0.3) is 28.1 Å². The lowest BCUT2D eigenvalue weighted by molar-refractivity contribution is 0.178. The van der Waals surface area contributed by atoms with Gasteiger partial charge in [-0.1, -0.05) is 43.0 Å². The fourth-order valence-corrected chi connectivity index (χ4v) is 3.14. The molecule has 132 valence electrons. The molecule has 1 aromatic heterocycles. The van der Waals surface area contributed by atoms with Crippen molar-refractivity contribution in [3.05, 3.63) is 60.8 Å². The van der Waals surface area contributed by atoms with Gasteiger partial charge in [-0.3, -0.25) is 5.43 Å². The molecular weight excluding hydrogens is 322 g/mol. The topological polar surface area (TPSA) is 44.3 Å². The van der Waals surface area contributed by atoms with Gasteiger partial charge in [0, 0.05) is 37.8 Å².